The number of halogens is 1. The molecule has 0 saturated carbocycles. The van der Waals surface area contributed by atoms with Crippen LogP contribution in [0.15, 0.2) is 27.8 Å². The quantitative estimate of drug-likeness (QED) is 0.578. The van der Waals surface area contributed by atoms with Gasteiger partial charge >= 0.3 is 5.69 Å². The van der Waals surface area contributed by atoms with Gasteiger partial charge in [0, 0.05) is 37.4 Å². The molecule has 1 aliphatic rings. The van der Waals surface area contributed by atoms with Gasteiger partial charge in [0.2, 0.25) is 5.95 Å². The van der Waals surface area contributed by atoms with Gasteiger partial charge in [-0.25, -0.2) is 4.79 Å². The van der Waals surface area contributed by atoms with Crippen molar-refractivity contribution in [2.45, 2.75) is 53.1 Å². The number of anilines is 2. The van der Waals surface area contributed by atoms with Crippen LogP contribution in [0.2, 0.25) is 5.02 Å². The highest BCUT2D eigenvalue weighted by atomic mass is 35.5. The molecule has 1 atom stereocenters. The van der Waals surface area contributed by atoms with Crippen molar-refractivity contribution in [1.82, 2.24) is 18.7 Å². The average molecular weight is 430 g/mol. The van der Waals surface area contributed by atoms with Gasteiger partial charge in [0.1, 0.15) is 0 Å². The van der Waals surface area contributed by atoms with Crippen LogP contribution in [-0.4, -0.2) is 25.2 Å². The normalized spacial score (nSPS) is 16.3. The first-order chi connectivity index (χ1) is 14.3. The van der Waals surface area contributed by atoms with E-state index in [0.717, 1.165) is 37.1 Å². The van der Waals surface area contributed by atoms with Crippen LogP contribution in [0, 0.1) is 12.8 Å². The summed E-state index contributed by atoms with van der Waals surface area (Å²) in [6.07, 6.45) is 2.82. The molecule has 3 heterocycles. The van der Waals surface area contributed by atoms with E-state index in [0.29, 0.717) is 41.1 Å². The number of hydrogen-bond donors (Lipinski definition) is 0. The Morgan fingerprint density at radius 1 is 1.20 bits per heavy atom. The molecule has 160 valence electrons. The van der Waals surface area contributed by atoms with E-state index in [2.05, 4.69) is 18.7 Å². The summed E-state index contributed by atoms with van der Waals surface area (Å²) >= 11 is 6.38. The first kappa shape index (κ1) is 20.7. The molecule has 0 spiro atoms. The van der Waals surface area contributed by atoms with E-state index < -0.39 is 0 Å². The summed E-state index contributed by atoms with van der Waals surface area (Å²) in [4.78, 5) is 33.1. The number of aromatic nitrogens is 4. The lowest BCUT2D eigenvalue weighted by molar-refractivity contribution is 0.457. The third kappa shape index (κ3) is 3.25. The second kappa shape index (κ2) is 7.95. The van der Waals surface area contributed by atoms with Crippen molar-refractivity contribution in [1.29, 1.82) is 0 Å². The topological polar surface area (TPSA) is 65.1 Å². The summed E-state index contributed by atoms with van der Waals surface area (Å²) < 4.78 is 4.84. The number of aryl methyl sites for hydroxylation is 1. The SMILES string of the molecule is CCCCCn1c(=O)c2c(nc3n2C[C@H](C)CN3c2cccc(Cl)c2C)n(C)c1=O. The molecule has 1 aliphatic heterocycles. The first-order valence-corrected chi connectivity index (χ1v) is 11.0. The third-order valence-electron chi connectivity index (χ3n) is 5.96. The molecule has 2 aromatic heterocycles. The Labute approximate surface area is 180 Å². The van der Waals surface area contributed by atoms with Crippen molar-refractivity contribution in [2.24, 2.45) is 13.0 Å². The highest BCUT2D eigenvalue weighted by Gasteiger charge is 2.30. The number of imidazole rings is 1. The lowest BCUT2D eigenvalue weighted by Gasteiger charge is -2.34. The van der Waals surface area contributed by atoms with Gasteiger partial charge in [0.05, 0.1) is 0 Å². The van der Waals surface area contributed by atoms with Crippen LogP contribution < -0.4 is 16.1 Å². The second-order valence-electron chi connectivity index (χ2n) is 8.30. The lowest BCUT2D eigenvalue weighted by Crippen LogP contribution is -2.40. The second-order valence-corrected chi connectivity index (χ2v) is 8.71. The highest BCUT2D eigenvalue weighted by Crippen LogP contribution is 2.36. The first-order valence-electron chi connectivity index (χ1n) is 10.6. The number of fused-ring (bicyclic) bond motifs is 3. The molecule has 0 radical (unpaired) electrons. The molecule has 0 aliphatic carbocycles. The maximum Gasteiger partial charge on any atom is 0.332 e. The zero-order valence-corrected chi connectivity index (χ0v) is 18.7. The predicted molar refractivity (Wildman–Crippen MR) is 121 cm³/mol. The molecular formula is C22H28ClN5O2. The van der Waals surface area contributed by atoms with Crippen LogP contribution in [0.3, 0.4) is 0 Å². The third-order valence-corrected chi connectivity index (χ3v) is 6.37. The maximum atomic E-state index is 13.3. The van der Waals surface area contributed by atoms with Crippen molar-refractivity contribution in [2.75, 3.05) is 11.4 Å². The Kier molecular flexibility index (Phi) is 5.49. The molecule has 4 rings (SSSR count). The van der Waals surface area contributed by atoms with E-state index in [1.165, 1.54) is 9.13 Å². The van der Waals surface area contributed by atoms with Crippen molar-refractivity contribution in [3.8, 4) is 0 Å². The zero-order chi connectivity index (χ0) is 21.6. The molecule has 8 heteroatoms. The monoisotopic (exact) mass is 429 g/mol. The molecule has 7 nitrogen and oxygen atoms in total. The van der Waals surface area contributed by atoms with E-state index in [-0.39, 0.29) is 11.2 Å². The summed E-state index contributed by atoms with van der Waals surface area (Å²) in [6, 6.07) is 5.81. The lowest BCUT2D eigenvalue weighted by atomic mass is 10.1. The van der Waals surface area contributed by atoms with E-state index in [9.17, 15) is 9.59 Å². The predicted octanol–water partition coefficient (Wildman–Crippen LogP) is 3.84. The fourth-order valence-electron chi connectivity index (χ4n) is 4.31. The van der Waals surface area contributed by atoms with E-state index in [4.69, 9.17) is 16.6 Å². The van der Waals surface area contributed by atoms with Crippen LogP contribution >= 0.6 is 11.6 Å². The van der Waals surface area contributed by atoms with Gasteiger partial charge in [0.25, 0.3) is 5.56 Å². The minimum atomic E-state index is -0.308. The smallest absolute Gasteiger partial charge is 0.311 e. The number of unbranched alkanes of at least 4 members (excludes halogenated alkanes) is 2. The fourth-order valence-corrected chi connectivity index (χ4v) is 4.48. The molecule has 0 unspecified atom stereocenters. The van der Waals surface area contributed by atoms with Crippen molar-refractivity contribution in [3.05, 3.63) is 49.6 Å². The largest absolute Gasteiger partial charge is 0.332 e. The molecule has 0 N–H and O–H groups in total. The fraction of sp³-hybridized carbons (Fsp3) is 0.500. The Balaban J connectivity index is 1.95. The van der Waals surface area contributed by atoms with Crippen LogP contribution in [0.4, 0.5) is 11.6 Å². The van der Waals surface area contributed by atoms with E-state index >= 15 is 0 Å². The van der Waals surface area contributed by atoms with Gasteiger partial charge in [-0.15, -0.1) is 0 Å². The number of rotatable bonds is 5. The standard InChI is InChI=1S/C22H28ClN5O2/c1-5-6-7-11-26-20(29)18-19(25(4)22(26)30)24-21-27(12-14(2)13-28(18)21)17-10-8-9-16(23)15(17)3/h8-10,14H,5-7,11-13H2,1-4H3/t14-/m1/s1. The Morgan fingerprint density at radius 2 is 1.97 bits per heavy atom. The molecule has 0 fully saturated rings. The summed E-state index contributed by atoms with van der Waals surface area (Å²) in [5, 5.41) is 0.694. The average Bonchev–Trinajstić information content (AvgIpc) is 3.10. The molecule has 30 heavy (non-hydrogen) atoms. The minimum Gasteiger partial charge on any atom is -0.311 e. The van der Waals surface area contributed by atoms with Crippen molar-refractivity contribution in [3.63, 3.8) is 0 Å². The number of nitrogens with zero attached hydrogens (tertiary/aromatic N) is 5. The zero-order valence-electron chi connectivity index (χ0n) is 18.0. The van der Waals surface area contributed by atoms with Crippen molar-refractivity contribution >= 4 is 34.4 Å². The van der Waals surface area contributed by atoms with E-state index in [1.807, 2.05) is 29.7 Å². The van der Waals surface area contributed by atoms with Gasteiger partial charge in [-0.1, -0.05) is 44.4 Å². The Morgan fingerprint density at radius 3 is 2.70 bits per heavy atom. The molecular weight excluding hydrogens is 402 g/mol. The molecule has 0 saturated heterocycles. The van der Waals surface area contributed by atoms with Crippen LogP contribution in [-0.2, 0) is 20.1 Å². The van der Waals surface area contributed by atoms with Crippen molar-refractivity contribution < 1.29 is 0 Å². The van der Waals surface area contributed by atoms with Crippen LogP contribution in [0.5, 0.6) is 0 Å². The van der Waals surface area contributed by atoms with Crippen LogP contribution in [0.25, 0.3) is 11.2 Å². The summed E-state index contributed by atoms with van der Waals surface area (Å²) in [5.41, 5.74) is 2.32. The van der Waals surface area contributed by atoms with Gasteiger partial charge in [-0.05, 0) is 37.0 Å². The molecule has 3 aromatic rings. The van der Waals surface area contributed by atoms with Gasteiger partial charge < -0.3 is 9.47 Å². The van der Waals surface area contributed by atoms with E-state index in [1.54, 1.807) is 7.05 Å². The minimum absolute atomic E-state index is 0.250. The van der Waals surface area contributed by atoms with Gasteiger partial charge in [-0.2, -0.15) is 4.98 Å². The van der Waals surface area contributed by atoms with Gasteiger partial charge in [-0.3, -0.25) is 13.9 Å². The summed E-state index contributed by atoms with van der Waals surface area (Å²) in [5.74, 6) is 0.991. The Bertz CT molecular complexity index is 1220. The molecule has 0 bridgehead atoms. The molecule has 0 amide bonds. The summed E-state index contributed by atoms with van der Waals surface area (Å²) in [6.45, 7) is 8.13. The highest BCUT2D eigenvalue weighted by molar-refractivity contribution is 6.31. The number of hydrogen-bond acceptors (Lipinski definition) is 4. The Hall–Kier alpha value is -2.54. The molecule has 1 aromatic carbocycles. The maximum absolute atomic E-state index is 13.3. The van der Waals surface area contributed by atoms with Gasteiger partial charge in [0.15, 0.2) is 11.2 Å². The number of benzene rings is 1. The summed E-state index contributed by atoms with van der Waals surface area (Å²) in [7, 11) is 1.69. The van der Waals surface area contributed by atoms with Crippen LogP contribution in [0.1, 0.15) is 38.7 Å².